The first kappa shape index (κ1) is 23.8. The number of ether oxygens (including phenoxy) is 2. The number of anilines is 3. The van der Waals surface area contributed by atoms with E-state index in [0.29, 0.717) is 38.2 Å². The van der Waals surface area contributed by atoms with E-state index in [2.05, 4.69) is 20.6 Å². The lowest BCUT2D eigenvalue weighted by atomic mass is 9.95. The van der Waals surface area contributed by atoms with Crippen molar-refractivity contribution in [2.24, 2.45) is 4.99 Å². The standard InChI is InChI=1S/C23H18Cl2N8O2/c1-34-17-7-11(5-6-16(17)35-9-13-14(24)3-2-4-15(13)25)20-18-19(28)12(8-26)21(29)32-22(18)33-23(31-20)30-10-27/h2-7,20H,9H2,1H3,(H6,28,29,30,31,32,33). The minimum atomic E-state index is -0.719. The second-order valence-electron chi connectivity index (χ2n) is 7.30. The first-order chi connectivity index (χ1) is 16.9. The van der Waals surface area contributed by atoms with Gasteiger partial charge in [0.05, 0.1) is 12.8 Å². The highest BCUT2D eigenvalue weighted by atomic mass is 35.5. The lowest BCUT2D eigenvalue weighted by molar-refractivity contribution is 0.284. The number of aliphatic imine (C=N–C) groups is 1. The summed E-state index contributed by atoms with van der Waals surface area (Å²) >= 11 is 12.5. The van der Waals surface area contributed by atoms with Gasteiger partial charge >= 0.3 is 0 Å². The first-order valence-corrected chi connectivity index (χ1v) is 10.9. The number of nitrogen functional groups attached to an aromatic ring is 2. The van der Waals surface area contributed by atoms with Crippen LogP contribution in [0, 0.1) is 22.8 Å². The topological polar surface area (TPSA) is 167 Å². The maximum atomic E-state index is 9.49. The van der Waals surface area contributed by atoms with Crippen LogP contribution >= 0.6 is 23.2 Å². The molecule has 35 heavy (non-hydrogen) atoms. The lowest BCUT2D eigenvalue weighted by Gasteiger charge is -2.26. The summed E-state index contributed by atoms with van der Waals surface area (Å²) in [5.41, 5.74) is 14.1. The summed E-state index contributed by atoms with van der Waals surface area (Å²) in [5, 5.41) is 24.9. The van der Waals surface area contributed by atoms with E-state index in [1.165, 1.54) is 7.11 Å². The fraction of sp³-hybridized carbons (Fsp3) is 0.130. The zero-order chi connectivity index (χ0) is 25.1. The molecule has 0 radical (unpaired) electrons. The zero-order valence-corrected chi connectivity index (χ0v) is 19.8. The molecule has 176 valence electrons. The molecule has 0 amide bonds. The average Bonchev–Trinajstić information content (AvgIpc) is 2.83. The number of nitrogens with zero attached hydrogens (tertiary/aromatic N) is 4. The van der Waals surface area contributed by atoms with E-state index >= 15 is 0 Å². The minimum Gasteiger partial charge on any atom is -0.493 e. The number of nitrogens with two attached hydrogens (primary N) is 2. The van der Waals surface area contributed by atoms with E-state index in [0.717, 1.165) is 0 Å². The minimum absolute atomic E-state index is 0.0345. The Labute approximate surface area is 210 Å². The van der Waals surface area contributed by atoms with Gasteiger partial charge in [-0.3, -0.25) is 5.32 Å². The van der Waals surface area contributed by atoms with E-state index < -0.39 is 6.04 Å². The lowest BCUT2D eigenvalue weighted by Crippen LogP contribution is -2.32. The molecule has 0 aliphatic carbocycles. The number of pyridine rings is 1. The molecule has 0 spiro atoms. The van der Waals surface area contributed by atoms with Crippen LogP contribution in [0.2, 0.25) is 10.0 Å². The molecule has 4 rings (SSSR count). The summed E-state index contributed by atoms with van der Waals surface area (Å²) in [6, 6.07) is 11.7. The molecule has 0 saturated carbocycles. The fourth-order valence-corrected chi connectivity index (χ4v) is 4.12. The van der Waals surface area contributed by atoms with Crippen molar-refractivity contribution in [3.63, 3.8) is 0 Å². The number of hydrogen-bond acceptors (Lipinski definition) is 10. The predicted octanol–water partition coefficient (Wildman–Crippen LogP) is 3.95. The molecule has 0 saturated heterocycles. The third kappa shape index (κ3) is 4.53. The van der Waals surface area contributed by atoms with Crippen molar-refractivity contribution in [1.29, 1.82) is 10.5 Å². The molecule has 1 aliphatic rings. The van der Waals surface area contributed by atoms with Gasteiger partial charge in [-0.15, -0.1) is 0 Å². The Hall–Kier alpha value is -4.38. The Morgan fingerprint density at radius 1 is 1.14 bits per heavy atom. The van der Waals surface area contributed by atoms with Crippen molar-refractivity contribution >= 4 is 46.5 Å². The van der Waals surface area contributed by atoms with Gasteiger partial charge in [0.15, 0.2) is 17.7 Å². The number of benzene rings is 2. The van der Waals surface area contributed by atoms with Crippen LogP contribution in [0.4, 0.5) is 17.3 Å². The molecule has 3 aromatic rings. The third-order valence-corrected chi connectivity index (χ3v) is 6.00. The van der Waals surface area contributed by atoms with Crippen LogP contribution in [0.5, 0.6) is 11.5 Å². The average molecular weight is 509 g/mol. The van der Waals surface area contributed by atoms with Gasteiger partial charge in [-0.1, -0.05) is 35.3 Å². The van der Waals surface area contributed by atoms with Crippen molar-refractivity contribution < 1.29 is 9.47 Å². The molecule has 1 aromatic heterocycles. The summed E-state index contributed by atoms with van der Waals surface area (Å²) in [4.78, 5) is 8.79. The van der Waals surface area contributed by atoms with Crippen LogP contribution in [0.3, 0.4) is 0 Å². The maximum Gasteiger partial charge on any atom is 0.211 e. The van der Waals surface area contributed by atoms with Gasteiger partial charge < -0.3 is 26.3 Å². The van der Waals surface area contributed by atoms with Crippen molar-refractivity contribution in [3.05, 3.63) is 68.7 Å². The molecule has 2 aromatic carbocycles. The van der Waals surface area contributed by atoms with Crippen LogP contribution < -0.4 is 31.6 Å². The third-order valence-electron chi connectivity index (χ3n) is 5.29. The monoisotopic (exact) mass is 508 g/mol. The Bertz CT molecular complexity index is 1410. The Morgan fingerprint density at radius 2 is 1.89 bits per heavy atom. The first-order valence-electron chi connectivity index (χ1n) is 10.1. The molecule has 0 fully saturated rings. The number of aromatic nitrogens is 1. The number of rotatable bonds is 5. The molecule has 0 bridgehead atoms. The fourth-order valence-electron chi connectivity index (χ4n) is 3.62. The van der Waals surface area contributed by atoms with Crippen molar-refractivity contribution in [2.75, 3.05) is 23.9 Å². The van der Waals surface area contributed by atoms with Gasteiger partial charge in [-0.25, -0.2) is 9.98 Å². The van der Waals surface area contributed by atoms with Gasteiger partial charge in [0, 0.05) is 21.2 Å². The molecule has 12 heteroatoms. The SMILES string of the molecule is COc1cc(C2N=C(NC#N)Nc3nc(N)c(C#N)c(N)c32)ccc1OCc1c(Cl)cccc1Cl. The number of hydrogen-bond donors (Lipinski definition) is 4. The molecule has 2 heterocycles. The van der Waals surface area contributed by atoms with E-state index in [4.69, 9.17) is 49.4 Å². The largest absolute Gasteiger partial charge is 0.493 e. The van der Waals surface area contributed by atoms with E-state index in [1.807, 2.05) is 12.3 Å². The number of nitriles is 2. The Kier molecular flexibility index (Phi) is 6.69. The van der Waals surface area contributed by atoms with Crippen LogP contribution in [-0.4, -0.2) is 18.1 Å². The summed E-state index contributed by atoms with van der Waals surface area (Å²) in [6.07, 6.45) is 1.81. The summed E-state index contributed by atoms with van der Waals surface area (Å²) < 4.78 is 11.5. The van der Waals surface area contributed by atoms with E-state index in [1.54, 1.807) is 36.4 Å². The van der Waals surface area contributed by atoms with Crippen LogP contribution in [0.15, 0.2) is 41.4 Å². The van der Waals surface area contributed by atoms with Crippen molar-refractivity contribution in [1.82, 2.24) is 10.3 Å². The van der Waals surface area contributed by atoms with Crippen LogP contribution in [0.25, 0.3) is 0 Å². The molecular formula is C23H18Cl2N8O2. The van der Waals surface area contributed by atoms with Gasteiger partial charge in [0.25, 0.3) is 0 Å². The predicted molar refractivity (Wildman–Crippen MR) is 133 cm³/mol. The number of guanidine groups is 1. The van der Waals surface area contributed by atoms with Crippen molar-refractivity contribution in [2.45, 2.75) is 12.6 Å². The summed E-state index contributed by atoms with van der Waals surface area (Å²) in [6.45, 7) is 0.125. The van der Waals surface area contributed by atoms with Gasteiger partial charge in [0.2, 0.25) is 5.96 Å². The Morgan fingerprint density at radius 3 is 2.54 bits per heavy atom. The molecule has 10 nitrogen and oxygen atoms in total. The number of halogens is 2. The molecule has 1 atom stereocenters. The quantitative estimate of drug-likeness (QED) is 0.294. The number of nitrogens with one attached hydrogen (secondary N) is 2. The number of methoxy groups -OCH3 is 1. The van der Waals surface area contributed by atoms with Crippen LogP contribution in [0.1, 0.15) is 28.3 Å². The molecular weight excluding hydrogens is 491 g/mol. The summed E-state index contributed by atoms with van der Waals surface area (Å²) in [7, 11) is 1.50. The van der Waals surface area contributed by atoms with E-state index in [9.17, 15) is 5.26 Å². The summed E-state index contributed by atoms with van der Waals surface area (Å²) in [5.74, 6) is 1.26. The smallest absolute Gasteiger partial charge is 0.211 e. The molecule has 1 aliphatic heterocycles. The van der Waals surface area contributed by atoms with Crippen LogP contribution in [-0.2, 0) is 6.61 Å². The van der Waals surface area contributed by atoms with Gasteiger partial charge in [0.1, 0.15) is 35.9 Å². The highest BCUT2D eigenvalue weighted by Crippen LogP contribution is 2.42. The number of fused-ring (bicyclic) bond motifs is 1. The van der Waals surface area contributed by atoms with Gasteiger partial charge in [-0.2, -0.15) is 10.5 Å². The van der Waals surface area contributed by atoms with E-state index in [-0.39, 0.29) is 35.5 Å². The highest BCUT2D eigenvalue weighted by Gasteiger charge is 2.30. The Balaban J connectivity index is 1.74. The molecule has 6 N–H and O–H groups in total. The zero-order valence-electron chi connectivity index (χ0n) is 18.3. The second-order valence-corrected chi connectivity index (χ2v) is 8.12. The normalized spacial score (nSPS) is 14.0. The molecule has 1 unspecified atom stereocenters. The highest BCUT2D eigenvalue weighted by molar-refractivity contribution is 6.35. The van der Waals surface area contributed by atoms with Gasteiger partial charge in [-0.05, 0) is 29.8 Å². The van der Waals surface area contributed by atoms with Crippen molar-refractivity contribution in [3.8, 4) is 23.8 Å². The second kappa shape index (κ2) is 9.85. The maximum absolute atomic E-state index is 9.49.